The van der Waals surface area contributed by atoms with E-state index in [1.807, 2.05) is 0 Å². The maximum Gasteiger partial charge on any atom is 0.315 e. The van der Waals surface area contributed by atoms with Crippen LogP contribution in [0, 0.1) is 5.82 Å². The van der Waals surface area contributed by atoms with E-state index in [1.54, 1.807) is 29.0 Å². The number of aliphatic hydroxyl groups is 1. The van der Waals surface area contributed by atoms with Crippen molar-refractivity contribution in [1.29, 1.82) is 0 Å². The van der Waals surface area contributed by atoms with E-state index in [9.17, 15) is 14.3 Å². The summed E-state index contributed by atoms with van der Waals surface area (Å²) in [4.78, 5) is 16.0. The summed E-state index contributed by atoms with van der Waals surface area (Å²) in [5.74, 6) is -0.376. The minimum Gasteiger partial charge on any atom is -0.387 e. The Morgan fingerprint density at radius 2 is 1.96 bits per heavy atom. The Bertz CT molecular complexity index is 834. The number of rotatable bonds is 5. The van der Waals surface area contributed by atoms with Crippen molar-refractivity contribution in [1.82, 2.24) is 25.2 Å². The molecule has 3 aromatic rings. The van der Waals surface area contributed by atoms with E-state index >= 15 is 0 Å². The molecule has 24 heavy (non-hydrogen) atoms. The number of nitrogens with zero attached hydrogens (tertiary/aromatic N) is 3. The number of aromatic nitrogens is 3. The molecule has 0 bridgehead atoms. The third kappa shape index (κ3) is 3.66. The summed E-state index contributed by atoms with van der Waals surface area (Å²) in [5.41, 5.74) is 2.00. The van der Waals surface area contributed by atoms with Gasteiger partial charge in [0, 0.05) is 18.8 Å². The van der Waals surface area contributed by atoms with E-state index in [-0.39, 0.29) is 18.9 Å². The summed E-state index contributed by atoms with van der Waals surface area (Å²) in [6, 6.07) is 8.58. The molecule has 3 rings (SSSR count). The van der Waals surface area contributed by atoms with Gasteiger partial charge in [0.1, 0.15) is 5.82 Å². The summed E-state index contributed by atoms with van der Waals surface area (Å²) in [7, 11) is 0. The second-order valence-electron chi connectivity index (χ2n) is 5.17. The molecular weight excluding hydrogens is 313 g/mol. The average molecular weight is 329 g/mol. The molecule has 2 heterocycles. The molecule has 0 aliphatic rings. The van der Waals surface area contributed by atoms with Gasteiger partial charge in [0.15, 0.2) is 5.65 Å². The molecule has 0 saturated carbocycles. The maximum atomic E-state index is 12.8. The Labute approximate surface area is 137 Å². The van der Waals surface area contributed by atoms with Crippen LogP contribution in [-0.2, 0) is 6.54 Å². The number of urea groups is 1. The predicted molar refractivity (Wildman–Crippen MR) is 84.6 cm³/mol. The van der Waals surface area contributed by atoms with Gasteiger partial charge in [-0.1, -0.05) is 12.1 Å². The van der Waals surface area contributed by atoms with Gasteiger partial charge in [0.25, 0.3) is 0 Å². The highest BCUT2D eigenvalue weighted by Gasteiger charge is 2.10. The highest BCUT2D eigenvalue weighted by atomic mass is 19.1. The van der Waals surface area contributed by atoms with Gasteiger partial charge in [0.05, 0.1) is 24.5 Å². The van der Waals surface area contributed by atoms with Gasteiger partial charge in [-0.3, -0.25) is 0 Å². The smallest absolute Gasteiger partial charge is 0.315 e. The van der Waals surface area contributed by atoms with E-state index in [2.05, 4.69) is 20.7 Å². The zero-order valence-corrected chi connectivity index (χ0v) is 12.7. The van der Waals surface area contributed by atoms with Crippen molar-refractivity contribution in [2.24, 2.45) is 0 Å². The van der Waals surface area contributed by atoms with Crippen LogP contribution in [0.15, 0.2) is 48.8 Å². The topological polar surface area (TPSA) is 91.6 Å². The highest BCUT2D eigenvalue weighted by Crippen LogP contribution is 2.12. The second kappa shape index (κ2) is 7.05. The minimum absolute atomic E-state index is 0.0188. The first-order chi connectivity index (χ1) is 11.6. The van der Waals surface area contributed by atoms with Gasteiger partial charge in [0.2, 0.25) is 0 Å². The molecule has 124 valence electrons. The van der Waals surface area contributed by atoms with Crippen molar-refractivity contribution in [3.8, 4) is 0 Å². The van der Waals surface area contributed by atoms with E-state index < -0.39 is 12.1 Å². The van der Waals surface area contributed by atoms with Crippen molar-refractivity contribution in [3.63, 3.8) is 0 Å². The summed E-state index contributed by atoms with van der Waals surface area (Å²) in [6.07, 6.45) is 2.37. The van der Waals surface area contributed by atoms with Crippen molar-refractivity contribution >= 4 is 11.7 Å². The number of hydrogen-bond acceptors (Lipinski definition) is 4. The molecule has 0 aliphatic heterocycles. The van der Waals surface area contributed by atoms with Gasteiger partial charge >= 0.3 is 6.03 Å². The second-order valence-corrected chi connectivity index (χ2v) is 5.17. The number of aliphatic hydroxyl groups excluding tert-OH is 1. The van der Waals surface area contributed by atoms with E-state index in [4.69, 9.17) is 0 Å². The molecule has 2 aromatic heterocycles. The molecule has 0 aliphatic carbocycles. The SMILES string of the molecule is O=C(NCc1ccnc2ccnn12)NCC(O)c1ccc(F)cc1. The number of nitrogens with one attached hydrogen (secondary N) is 2. The molecule has 0 radical (unpaired) electrons. The quantitative estimate of drug-likeness (QED) is 0.660. The molecule has 0 spiro atoms. The lowest BCUT2D eigenvalue weighted by molar-refractivity contribution is 0.173. The third-order valence-electron chi connectivity index (χ3n) is 3.51. The zero-order chi connectivity index (χ0) is 16.9. The zero-order valence-electron chi connectivity index (χ0n) is 12.7. The lowest BCUT2D eigenvalue weighted by Gasteiger charge is -2.13. The van der Waals surface area contributed by atoms with E-state index in [0.29, 0.717) is 11.2 Å². The largest absolute Gasteiger partial charge is 0.387 e. The van der Waals surface area contributed by atoms with Crippen LogP contribution in [0.3, 0.4) is 0 Å². The Morgan fingerprint density at radius 3 is 2.75 bits per heavy atom. The molecule has 1 unspecified atom stereocenters. The molecule has 1 aromatic carbocycles. The van der Waals surface area contributed by atoms with Crippen LogP contribution in [0.25, 0.3) is 5.65 Å². The highest BCUT2D eigenvalue weighted by molar-refractivity contribution is 5.73. The number of hydrogen-bond donors (Lipinski definition) is 3. The number of benzene rings is 1. The molecule has 3 N–H and O–H groups in total. The van der Waals surface area contributed by atoms with Gasteiger partial charge < -0.3 is 15.7 Å². The van der Waals surface area contributed by atoms with Crippen LogP contribution in [0.4, 0.5) is 9.18 Å². The summed E-state index contributed by atoms with van der Waals surface area (Å²) in [5, 5.41) is 19.4. The Balaban J connectivity index is 1.51. The molecule has 8 heteroatoms. The Morgan fingerprint density at radius 1 is 1.17 bits per heavy atom. The van der Waals surface area contributed by atoms with Gasteiger partial charge in [-0.25, -0.2) is 18.7 Å². The first-order valence-electron chi connectivity index (χ1n) is 7.36. The van der Waals surface area contributed by atoms with Crippen LogP contribution < -0.4 is 10.6 Å². The summed E-state index contributed by atoms with van der Waals surface area (Å²) in [6.45, 7) is 0.282. The first kappa shape index (κ1) is 15.9. The van der Waals surface area contributed by atoms with Gasteiger partial charge in [-0.15, -0.1) is 0 Å². The fraction of sp³-hybridized carbons (Fsp3) is 0.188. The van der Waals surface area contributed by atoms with Crippen molar-refractivity contribution < 1.29 is 14.3 Å². The lowest BCUT2D eigenvalue weighted by Crippen LogP contribution is -2.37. The number of amides is 2. The maximum absolute atomic E-state index is 12.8. The number of carbonyl (C=O) groups excluding carboxylic acids is 1. The number of carbonyl (C=O) groups is 1. The monoisotopic (exact) mass is 329 g/mol. The molecule has 0 fully saturated rings. The number of fused-ring (bicyclic) bond motifs is 1. The third-order valence-corrected chi connectivity index (χ3v) is 3.51. The fourth-order valence-corrected chi connectivity index (χ4v) is 2.25. The van der Waals surface area contributed by atoms with Gasteiger partial charge in [-0.2, -0.15) is 5.10 Å². The van der Waals surface area contributed by atoms with Crippen molar-refractivity contribution in [2.75, 3.05) is 6.54 Å². The molecule has 0 saturated heterocycles. The Kier molecular flexibility index (Phi) is 4.66. The van der Waals surface area contributed by atoms with Crippen LogP contribution in [-0.4, -0.2) is 32.3 Å². The molecule has 1 atom stereocenters. The summed E-state index contributed by atoms with van der Waals surface area (Å²) >= 11 is 0. The normalized spacial score (nSPS) is 12.1. The molecule has 7 nitrogen and oxygen atoms in total. The van der Waals surface area contributed by atoms with Crippen LogP contribution in [0.1, 0.15) is 17.4 Å². The lowest BCUT2D eigenvalue weighted by atomic mass is 10.1. The van der Waals surface area contributed by atoms with Gasteiger partial charge in [-0.05, 0) is 23.8 Å². The molecular formula is C16H16FN5O2. The van der Waals surface area contributed by atoms with Crippen molar-refractivity contribution in [2.45, 2.75) is 12.6 Å². The standard InChI is InChI=1S/C16H16FN5O2/c17-12-3-1-11(2-4-12)14(23)10-20-16(24)19-9-13-5-7-18-15-6-8-21-22(13)15/h1-8,14,23H,9-10H2,(H2,19,20,24). The molecule has 2 amide bonds. The van der Waals surface area contributed by atoms with Crippen LogP contribution in [0.5, 0.6) is 0 Å². The van der Waals surface area contributed by atoms with Crippen molar-refractivity contribution in [3.05, 3.63) is 65.9 Å². The fourth-order valence-electron chi connectivity index (χ4n) is 2.25. The predicted octanol–water partition coefficient (Wildman–Crippen LogP) is 1.40. The first-order valence-corrected chi connectivity index (χ1v) is 7.36. The van der Waals surface area contributed by atoms with E-state index in [0.717, 1.165) is 5.69 Å². The number of halogens is 1. The van der Waals surface area contributed by atoms with Crippen LogP contribution in [0.2, 0.25) is 0 Å². The van der Waals surface area contributed by atoms with E-state index in [1.165, 1.54) is 24.3 Å². The summed E-state index contributed by atoms with van der Waals surface area (Å²) < 4.78 is 14.5. The Hall–Kier alpha value is -3.00. The average Bonchev–Trinajstić information content (AvgIpc) is 3.07. The van der Waals surface area contributed by atoms with Crippen LogP contribution >= 0.6 is 0 Å². The minimum atomic E-state index is -0.907.